The molecule has 0 saturated carbocycles. The van der Waals surface area contributed by atoms with Crippen LogP contribution in [0.1, 0.15) is 6.92 Å². The number of hydrogen-bond donors (Lipinski definition) is 2. The van der Waals surface area contributed by atoms with Gasteiger partial charge in [0.15, 0.2) is 0 Å². The average molecular weight is 268 g/mol. The molecule has 0 heterocycles. The zero-order valence-corrected chi connectivity index (χ0v) is 10.2. The Kier molecular flexibility index (Phi) is 4.41. The van der Waals surface area contributed by atoms with E-state index in [1.54, 1.807) is 0 Å². The number of anilines is 1. The van der Waals surface area contributed by atoms with E-state index in [-0.39, 0.29) is 17.1 Å². The Morgan fingerprint density at radius 1 is 1.47 bits per heavy atom. The highest BCUT2D eigenvalue weighted by molar-refractivity contribution is 6.04. The Morgan fingerprint density at radius 3 is 2.58 bits per heavy atom. The van der Waals surface area contributed by atoms with Gasteiger partial charge in [0.05, 0.1) is 18.1 Å². The van der Waals surface area contributed by atoms with Gasteiger partial charge in [-0.2, -0.15) is 0 Å². The van der Waals surface area contributed by atoms with Crippen LogP contribution in [0, 0.1) is 16.0 Å². The quantitative estimate of drug-likeness (QED) is 0.471. The lowest BCUT2D eigenvalue weighted by molar-refractivity contribution is -0.384. The lowest BCUT2D eigenvalue weighted by Gasteiger charge is -2.09. The van der Waals surface area contributed by atoms with E-state index in [1.165, 1.54) is 26.2 Å². The fraction of sp³-hybridized carbons (Fsp3) is 0.273. The molecule has 0 saturated heterocycles. The number of ether oxygens (including phenoxy) is 1. The number of carboxylic acid groups (broad SMARTS) is 1. The van der Waals surface area contributed by atoms with Crippen molar-refractivity contribution in [3.63, 3.8) is 0 Å². The summed E-state index contributed by atoms with van der Waals surface area (Å²) in [6.45, 7) is 1.19. The number of nitrogens with one attached hydrogen (secondary N) is 1. The maximum absolute atomic E-state index is 11.5. The predicted octanol–water partition coefficient (Wildman–Crippen LogP) is 1.26. The molecule has 1 aromatic rings. The van der Waals surface area contributed by atoms with Crippen molar-refractivity contribution in [2.75, 3.05) is 12.4 Å². The van der Waals surface area contributed by atoms with E-state index < -0.39 is 22.7 Å². The van der Waals surface area contributed by atoms with Gasteiger partial charge in [-0.05, 0) is 19.1 Å². The monoisotopic (exact) mass is 268 g/mol. The molecule has 1 rings (SSSR count). The maximum Gasteiger partial charge on any atom is 0.315 e. The molecule has 8 heteroatoms. The number of carboxylic acids is 1. The molecule has 0 radical (unpaired) electrons. The SMILES string of the molecule is COc1ccc(NC(=O)C(C)C(=O)O)c([N+](=O)[O-])c1. The third kappa shape index (κ3) is 3.41. The van der Waals surface area contributed by atoms with E-state index in [0.29, 0.717) is 0 Å². The summed E-state index contributed by atoms with van der Waals surface area (Å²) in [5, 5.41) is 21.7. The van der Waals surface area contributed by atoms with Gasteiger partial charge in [0.25, 0.3) is 5.69 Å². The van der Waals surface area contributed by atoms with Crippen molar-refractivity contribution in [2.24, 2.45) is 5.92 Å². The van der Waals surface area contributed by atoms with Gasteiger partial charge in [0.1, 0.15) is 17.4 Å². The summed E-state index contributed by atoms with van der Waals surface area (Å²) in [5.74, 6) is -3.19. The second-order valence-corrected chi connectivity index (χ2v) is 3.69. The van der Waals surface area contributed by atoms with Crippen molar-refractivity contribution < 1.29 is 24.4 Å². The first kappa shape index (κ1) is 14.4. The summed E-state index contributed by atoms with van der Waals surface area (Å²) in [6.07, 6.45) is 0. The summed E-state index contributed by atoms with van der Waals surface area (Å²) in [7, 11) is 1.35. The Morgan fingerprint density at radius 2 is 2.11 bits per heavy atom. The summed E-state index contributed by atoms with van der Waals surface area (Å²) in [5.41, 5.74) is -0.450. The molecule has 0 aliphatic rings. The summed E-state index contributed by atoms with van der Waals surface area (Å²) in [6, 6.07) is 3.85. The molecule has 0 bridgehead atoms. The van der Waals surface area contributed by atoms with Gasteiger partial charge < -0.3 is 15.2 Å². The second-order valence-electron chi connectivity index (χ2n) is 3.69. The fourth-order valence-electron chi connectivity index (χ4n) is 1.25. The third-order valence-electron chi connectivity index (χ3n) is 2.42. The van der Waals surface area contributed by atoms with E-state index >= 15 is 0 Å². The fourth-order valence-corrected chi connectivity index (χ4v) is 1.25. The lowest BCUT2D eigenvalue weighted by atomic mass is 10.1. The maximum atomic E-state index is 11.5. The molecule has 1 amide bonds. The number of nitro groups is 1. The first-order chi connectivity index (χ1) is 8.86. The van der Waals surface area contributed by atoms with Gasteiger partial charge in [-0.1, -0.05) is 0 Å². The smallest absolute Gasteiger partial charge is 0.315 e. The molecule has 1 aromatic carbocycles. The van der Waals surface area contributed by atoms with Crippen LogP contribution in [0.3, 0.4) is 0 Å². The summed E-state index contributed by atoms with van der Waals surface area (Å²) >= 11 is 0. The standard InChI is InChI=1S/C11H12N2O6/c1-6(11(15)16)10(14)12-8-4-3-7(19-2)5-9(8)13(17)18/h3-6H,1-2H3,(H,12,14)(H,15,16). The number of carbonyl (C=O) groups is 2. The van der Waals surface area contributed by atoms with Crippen LogP contribution in [0.2, 0.25) is 0 Å². The highest BCUT2D eigenvalue weighted by Gasteiger charge is 2.24. The Bertz CT molecular complexity index is 528. The number of methoxy groups -OCH3 is 1. The molecule has 0 fully saturated rings. The van der Waals surface area contributed by atoms with E-state index in [2.05, 4.69) is 5.32 Å². The van der Waals surface area contributed by atoms with Crippen LogP contribution < -0.4 is 10.1 Å². The van der Waals surface area contributed by atoms with Crippen LogP contribution in [0.4, 0.5) is 11.4 Å². The van der Waals surface area contributed by atoms with E-state index in [1.807, 2.05) is 0 Å². The molecule has 19 heavy (non-hydrogen) atoms. The number of carbonyl (C=O) groups excluding carboxylic acids is 1. The van der Waals surface area contributed by atoms with E-state index in [0.717, 1.165) is 6.07 Å². The van der Waals surface area contributed by atoms with E-state index in [9.17, 15) is 19.7 Å². The number of amides is 1. The van der Waals surface area contributed by atoms with Gasteiger partial charge in [-0.25, -0.2) is 0 Å². The zero-order valence-electron chi connectivity index (χ0n) is 10.2. The van der Waals surface area contributed by atoms with Gasteiger partial charge >= 0.3 is 5.97 Å². The number of benzene rings is 1. The first-order valence-electron chi connectivity index (χ1n) is 5.23. The second kappa shape index (κ2) is 5.80. The largest absolute Gasteiger partial charge is 0.496 e. The van der Waals surface area contributed by atoms with Gasteiger partial charge in [-0.15, -0.1) is 0 Å². The van der Waals surface area contributed by atoms with Crippen molar-refractivity contribution in [3.8, 4) is 5.75 Å². The molecular weight excluding hydrogens is 256 g/mol. The molecule has 0 aliphatic heterocycles. The van der Waals surface area contributed by atoms with Crippen LogP contribution in [0.25, 0.3) is 0 Å². The van der Waals surface area contributed by atoms with Crippen LogP contribution in [0.15, 0.2) is 18.2 Å². The average Bonchev–Trinajstić information content (AvgIpc) is 2.37. The Balaban J connectivity index is 3.04. The third-order valence-corrected chi connectivity index (χ3v) is 2.42. The number of aliphatic carboxylic acids is 1. The first-order valence-corrected chi connectivity index (χ1v) is 5.23. The van der Waals surface area contributed by atoms with Crippen molar-refractivity contribution in [1.29, 1.82) is 0 Å². The molecule has 0 aromatic heterocycles. The molecule has 8 nitrogen and oxygen atoms in total. The Hall–Kier alpha value is -2.64. The number of hydrogen-bond acceptors (Lipinski definition) is 5. The molecule has 102 valence electrons. The normalized spacial score (nSPS) is 11.5. The van der Waals surface area contributed by atoms with Crippen molar-refractivity contribution in [1.82, 2.24) is 0 Å². The number of nitrogens with zero attached hydrogens (tertiary/aromatic N) is 1. The minimum absolute atomic E-state index is 0.0797. The molecule has 0 aliphatic carbocycles. The van der Waals surface area contributed by atoms with Crippen LogP contribution in [-0.4, -0.2) is 29.0 Å². The zero-order chi connectivity index (χ0) is 14.6. The lowest BCUT2D eigenvalue weighted by Crippen LogP contribution is -2.27. The summed E-state index contributed by atoms with van der Waals surface area (Å²) < 4.78 is 4.84. The minimum atomic E-state index is -1.31. The molecule has 2 N–H and O–H groups in total. The molecule has 1 unspecified atom stereocenters. The Labute approximate surface area is 108 Å². The van der Waals surface area contributed by atoms with Gasteiger partial charge in [0, 0.05) is 0 Å². The summed E-state index contributed by atoms with van der Waals surface area (Å²) in [4.78, 5) is 32.3. The van der Waals surface area contributed by atoms with Crippen LogP contribution in [0.5, 0.6) is 5.75 Å². The van der Waals surface area contributed by atoms with Gasteiger partial charge in [-0.3, -0.25) is 19.7 Å². The van der Waals surface area contributed by atoms with Crippen molar-refractivity contribution in [2.45, 2.75) is 6.92 Å². The predicted molar refractivity (Wildman–Crippen MR) is 65.1 cm³/mol. The molecule has 0 spiro atoms. The van der Waals surface area contributed by atoms with Crippen LogP contribution >= 0.6 is 0 Å². The highest BCUT2D eigenvalue weighted by atomic mass is 16.6. The van der Waals surface area contributed by atoms with Gasteiger partial charge in [0.2, 0.25) is 5.91 Å². The number of rotatable bonds is 5. The van der Waals surface area contributed by atoms with E-state index in [4.69, 9.17) is 9.84 Å². The molecular formula is C11H12N2O6. The van der Waals surface area contributed by atoms with Crippen LogP contribution in [-0.2, 0) is 9.59 Å². The van der Waals surface area contributed by atoms with Crippen molar-refractivity contribution >= 4 is 23.3 Å². The topological polar surface area (TPSA) is 119 Å². The highest BCUT2D eigenvalue weighted by Crippen LogP contribution is 2.29. The van der Waals surface area contributed by atoms with Crippen molar-refractivity contribution in [3.05, 3.63) is 28.3 Å². The molecule has 1 atom stereocenters. The number of nitro benzene ring substituents is 1. The minimum Gasteiger partial charge on any atom is -0.496 e.